The SMILES string of the molecule is COc1ccc2[nH]c3c(c2c1)CCN/C3=C(C)\C(N)=N\O. The van der Waals surface area contributed by atoms with Crippen LogP contribution in [0.25, 0.3) is 16.6 Å². The lowest BCUT2D eigenvalue weighted by molar-refractivity contribution is 0.318. The highest BCUT2D eigenvalue weighted by atomic mass is 16.5. The zero-order valence-corrected chi connectivity index (χ0v) is 12.0. The normalized spacial score (nSPS) is 17.3. The minimum Gasteiger partial charge on any atom is -0.497 e. The number of nitrogens with one attached hydrogen (secondary N) is 2. The van der Waals surface area contributed by atoms with Gasteiger partial charge in [-0.15, -0.1) is 0 Å². The van der Waals surface area contributed by atoms with Crippen LogP contribution in [0.2, 0.25) is 0 Å². The number of benzene rings is 1. The van der Waals surface area contributed by atoms with Gasteiger partial charge in [0.05, 0.1) is 18.5 Å². The molecule has 6 nitrogen and oxygen atoms in total. The van der Waals surface area contributed by atoms with Crippen LogP contribution in [-0.4, -0.2) is 29.7 Å². The molecule has 0 aliphatic carbocycles. The smallest absolute Gasteiger partial charge is 0.167 e. The summed E-state index contributed by atoms with van der Waals surface area (Å²) in [6.07, 6.45) is 0.912. The molecule has 21 heavy (non-hydrogen) atoms. The minimum absolute atomic E-state index is 0.113. The molecule has 1 aliphatic heterocycles. The maximum Gasteiger partial charge on any atom is 0.167 e. The molecule has 1 aromatic carbocycles. The van der Waals surface area contributed by atoms with Gasteiger partial charge in [0.15, 0.2) is 5.84 Å². The molecule has 110 valence electrons. The number of aromatic amines is 1. The fourth-order valence-corrected chi connectivity index (χ4v) is 2.75. The number of methoxy groups -OCH3 is 1. The summed E-state index contributed by atoms with van der Waals surface area (Å²) >= 11 is 0. The molecule has 0 spiro atoms. The number of hydrogen-bond donors (Lipinski definition) is 4. The maximum absolute atomic E-state index is 8.87. The molecule has 2 heterocycles. The van der Waals surface area contributed by atoms with Crippen LogP contribution >= 0.6 is 0 Å². The summed E-state index contributed by atoms with van der Waals surface area (Å²) in [4.78, 5) is 3.41. The number of nitrogens with zero attached hydrogens (tertiary/aromatic N) is 1. The van der Waals surface area contributed by atoms with E-state index < -0.39 is 0 Å². The van der Waals surface area contributed by atoms with Crippen molar-refractivity contribution < 1.29 is 9.94 Å². The number of aromatic nitrogens is 1. The third kappa shape index (κ3) is 2.08. The summed E-state index contributed by atoms with van der Waals surface area (Å²) in [6.45, 7) is 2.64. The van der Waals surface area contributed by atoms with E-state index in [1.54, 1.807) is 7.11 Å². The standard InChI is InChI=1S/C15H18N4O2/c1-8(15(16)19-20)13-14-10(5-6-17-13)11-7-9(21-2)3-4-12(11)18-14/h3-4,7,17-18,20H,5-6H2,1-2H3,(H2,16,19)/b13-8-. The molecule has 1 aliphatic rings. The summed E-state index contributed by atoms with van der Waals surface area (Å²) in [5.74, 6) is 0.947. The first-order valence-electron chi connectivity index (χ1n) is 6.77. The highest BCUT2D eigenvalue weighted by Gasteiger charge is 2.22. The number of ether oxygens (including phenoxy) is 1. The summed E-state index contributed by atoms with van der Waals surface area (Å²) in [7, 11) is 1.66. The first kappa shape index (κ1) is 13.4. The summed E-state index contributed by atoms with van der Waals surface area (Å²) < 4.78 is 5.30. The van der Waals surface area contributed by atoms with Gasteiger partial charge in [0.2, 0.25) is 0 Å². The Morgan fingerprint density at radius 2 is 2.24 bits per heavy atom. The van der Waals surface area contributed by atoms with Gasteiger partial charge in [-0.1, -0.05) is 5.16 Å². The van der Waals surface area contributed by atoms with E-state index >= 15 is 0 Å². The largest absolute Gasteiger partial charge is 0.497 e. The Hall–Kier alpha value is -2.63. The van der Waals surface area contributed by atoms with Gasteiger partial charge in [-0.2, -0.15) is 0 Å². The average Bonchev–Trinajstić information content (AvgIpc) is 2.90. The van der Waals surface area contributed by atoms with E-state index in [0.29, 0.717) is 0 Å². The van der Waals surface area contributed by atoms with Crippen LogP contribution in [0.5, 0.6) is 5.75 Å². The highest BCUT2D eigenvalue weighted by molar-refractivity contribution is 6.04. The molecule has 2 aromatic rings. The van der Waals surface area contributed by atoms with Gasteiger partial charge in [-0.05, 0) is 37.1 Å². The Balaban J connectivity index is 2.23. The van der Waals surface area contributed by atoms with E-state index in [-0.39, 0.29) is 5.84 Å². The van der Waals surface area contributed by atoms with E-state index in [1.165, 1.54) is 5.56 Å². The van der Waals surface area contributed by atoms with E-state index in [2.05, 4.69) is 15.5 Å². The molecule has 0 amide bonds. The van der Waals surface area contributed by atoms with Crippen LogP contribution in [0.15, 0.2) is 28.9 Å². The van der Waals surface area contributed by atoms with E-state index in [9.17, 15) is 0 Å². The quantitative estimate of drug-likeness (QED) is 0.293. The Kier molecular flexibility index (Phi) is 3.21. The van der Waals surface area contributed by atoms with Gasteiger partial charge in [0.25, 0.3) is 0 Å². The summed E-state index contributed by atoms with van der Waals surface area (Å²) in [5, 5.41) is 16.4. The average molecular weight is 286 g/mol. The van der Waals surface area contributed by atoms with Crippen LogP contribution in [-0.2, 0) is 6.42 Å². The lowest BCUT2D eigenvalue weighted by atomic mass is 9.99. The van der Waals surface area contributed by atoms with Gasteiger partial charge in [0, 0.05) is 23.0 Å². The number of oxime groups is 1. The van der Waals surface area contributed by atoms with Crippen molar-refractivity contribution in [2.75, 3.05) is 13.7 Å². The lowest BCUT2D eigenvalue weighted by Gasteiger charge is -2.20. The van der Waals surface area contributed by atoms with Crippen molar-refractivity contribution in [3.63, 3.8) is 0 Å². The number of amidine groups is 1. The predicted molar refractivity (Wildman–Crippen MR) is 82.6 cm³/mol. The predicted octanol–water partition coefficient (Wildman–Crippen LogP) is 1.80. The molecule has 0 atom stereocenters. The van der Waals surface area contributed by atoms with E-state index in [1.807, 2.05) is 25.1 Å². The first-order valence-corrected chi connectivity index (χ1v) is 6.77. The van der Waals surface area contributed by atoms with Crippen LogP contribution < -0.4 is 15.8 Å². The summed E-state index contributed by atoms with van der Waals surface area (Å²) in [6, 6.07) is 5.97. The molecule has 0 bridgehead atoms. The Morgan fingerprint density at radius 3 is 2.95 bits per heavy atom. The first-order chi connectivity index (χ1) is 10.2. The molecule has 5 N–H and O–H groups in total. The van der Waals surface area contributed by atoms with Gasteiger partial charge in [0.1, 0.15) is 5.75 Å². The number of rotatable bonds is 2. The Labute approximate surface area is 122 Å². The molecule has 3 rings (SSSR count). The van der Waals surface area contributed by atoms with Crippen molar-refractivity contribution in [1.82, 2.24) is 10.3 Å². The van der Waals surface area contributed by atoms with Crippen molar-refractivity contribution in [2.24, 2.45) is 10.9 Å². The van der Waals surface area contributed by atoms with E-state index in [0.717, 1.165) is 46.6 Å². The lowest BCUT2D eigenvalue weighted by Crippen LogP contribution is -2.26. The topological polar surface area (TPSA) is 95.7 Å². The number of hydrogen-bond acceptors (Lipinski definition) is 4. The second-order valence-corrected chi connectivity index (χ2v) is 5.05. The van der Waals surface area contributed by atoms with Crippen LogP contribution in [0.1, 0.15) is 18.2 Å². The van der Waals surface area contributed by atoms with E-state index in [4.69, 9.17) is 15.7 Å². The van der Waals surface area contributed by atoms with Crippen molar-refractivity contribution in [3.05, 3.63) is 35.0 Å². The number of nitrogens with two attached hydrogens (primary N) is 1. The van der Waals surface area contributed by atoms with Gasteiger partial charge >= 0.3 is 0 Å². The monoisotopic (exact) mass is 286 g/mol. The molecular formula is C15H18N4O2. The Bertz CT molecular complexity index is 758. The van der Waals surface area contributed by atoms with Gasteiger partial charge in [-0.3, -0.25) is 0 Å². The van der Waals surface area contributed by atoms with Crippen LogP contribution in [0.3, 0.4) is 0 Å². The fourth-order valence-electron chi connectivity index (χ4n) is 2.75. The van der Waals surface area contributed by atoms with Crippen LogP contribution in [0.4, 0.5) is 0 Å². The minimum atomic E-state index is 0.113. The third-order valence-corrected chi connectivity index (χ3v) is 3.91. The van der Waals surface area contributed by atoms with Gasteiger partial charge < -0.3 is 26.0 Å². The van der Waals surface area contributed by atoms with Crippen molar-refractivity contribution in [3.8, 4) is 5.75 Å². The van der Waals surface area contributed by atoms with Crippen molar-refractivity contribution >= 4 is 22.4 Å². The highest BCUT2D eigenvalue weighted by Crippen LogP contribution is 2.32. The molecule has 0 unspecified atom stereocenters. The van der Waals surface area contributed by atoms with Crippen molar-refractivity contribution in [1.29, 1.82) is 0 Å². The second-order valence-electron chi connectivity index (χ2n) is 5.05. The molecule has 0 saturated heterocycles. The zero-order chi connectivity index (χ0) is 15.0. The maximum atomic E-state index is 8.87. The molecule has 0 saturated carbocycles. The molecule has 0 fully saturated rings. The van der Waals surface area contributed by atoms with Gasteiger partial charge in [-0.25, -0.2) is 0 Å². The zero-order valence-electron chi connectivity index (χ0n) is 12.0. The number of fused-ring (bicyclic) bond motifs is 3. The van der Waals surface area contributed by atoms with Crippen molar-refractivity contribution in [2.45, 2.75) is 13.3 Å². The fraction of sp³-hybridized carbons (Fsp3) is 0.267. The Morgan fingerprint density at radius 1 is 1.43 bits per heavy atom. The molecule has 6 heteroatoms. The second kappa shape index (κ2) is 5.05. The molecule has 0 radical (unpaired) electrons. The third-order valence-electron chi connectivity index (χ3n) is 3.91. The van der Waals surface area contributed by atoms with Crippen LogP contribution in [0, 0.1) is 0 Å². The molecular weight excluding hydrogens is 268 g/mol. The number of H-pyrrole nitrogens is 1. The summed E-state index contributed by atoms with van der Waals surface area (Å²) in [5.41, 5.74) is 10.6. The molecule has 1 aromatic heterocycles.